The minimum absolute atomic E-state index is 0.149. The number of hydrogen-bond donors (Lipinski definition) is 4. The van der Waals surface area contributed by atoms with Gasteiger partial charge in [-0.3, -0.25) is 15.0 Å². The van der Waals surface area contributed by atoms with Crippen LogP contribution >= 0.6 is 22.9 Å². The van der Waals surface area contributed by atoms with E-state index in [1.807, 2.05) is 31.2 Å². The number of aromatic nitrogens is 1. The van der Waals surface area contributed by atoms with Crippen molar-refractivity contribution in [3.05, 3.63) is 70.4 Å². The lowest BCUT2D eigenvalue weighted by molar-refractivity contribution is -0.143. The molecule has 8 nitrogen and oxygen atoms in total. The predicted molar refractivity (Wildman–Crippen MR) is 136 cm³/mol. The minimum Gasteiger partial charge on any atom is -0.466 e. The van der Waals surface area contributed by atoms with Crippen molar-refractivity contribution in [2.24, 2.45) is 5.73 Å². The fourth-order valence-corrected chi connectivity index (χ4v) is 4.50. The summed E-state index contributed by atoms with van der Waals surface area (Å²) in [5.74, 6) is -0.979. The zero-order chi connectivity index (χ0) is 24.7. The Kier molecular flexibility index (Phi) is 8.61. The summed E-state index contributed by atoms with van der Waals surface area (Å²) in [6.45, 7) is 4.21. The monoisotopic (exact) mass is 499 g/mol. The number of ether oxygens (including phenoxy) is 1. The normalized spacial score (nSPS) is 11.5. The Labute approximate surface area is 207 Å². The Morgan fingerprint density at radius 1 is 1.18 bits per heavy atom. The topological polar surface area (TPSA) is 130 Å². The molecule has 0 aliphatic rings. The highest BCUT2D eigenvalue weighted by atomic mass is 35.5. The lowest BCUT2D eigenvalue weighted by atomic mass is 9.95. The van der Waals surface area contributed by atoms with Gasteiger partial charge in [-0.2, -0.15) is 0 Å². The van der Waals surface area contributed by atoms with Crippen LogP contribution in [0.4, 0.5) is 5.13 Å². The highest BCUT2D eigenvalue weighted by molar-refractivity contribution is 7.19. The molecule has 1 unspecified atom stereocenters. The van der Waals surface area contributed by atoms with Crippen LogP contribution in [0.15, 0.2) is 48.5 Å². The number of esters is 1. The zero-order valence-corrected chi connectivity index (χ0v) is 20.4. The van der Waals surface area contributed by atoms with Crippen LogP contribution in [0.5, 0.6) is 0 Å². The molecule has 3 aromatic rings. The van der Waals surface area contributed by atoms with E-state index in [4.69, 9.17) is 27.5 Å². The fraction of sp³-hybridized carbons (Fsp3) is 0.250. The van der Waals surface area contributed by atoms with E-state index in [0.717, 1.165) is 21.7 Å². The molecule has 1 aromatic heterocycles. The average Bonchev–Trinajstić information content (AvgIpc) is 3.16. The molecule has 5 N–H and O–H groups in total. The first-order chi connectivity index (χ1) is 16.3. The number of rotatable bonds is 9. The second-order valence-electron chi connectivity index (χ2n) is 7.52. The third-order valence-electron chi connectivity index (χ3n) is 5.02. The standard InChI is InChI=1S/C24H26ClN5O3S/c1-3-33-20(31)12-18(15-8-10-19(25)11-9-15)13-28-22(32)17-6-4-16(5-7-17)21-14(2)29-24(34-21)30-23(26)27/h4-11,18H,3,12-13H2,1-2H3,(H,28,32)(H4,26,27,29,30). The second-order valence-corrected chi connectivity index (χ2v) is 8.95. The van der Waals surface area contributed by atoms with Gasteiger partial charge in [-0.25, -0.2) is 4.98 Å². The zero-order valence-electron chi connectivity index (χ0n) is 18.9. The number of amides is 1. The van der Waals surface area contributed by atoms with Crippen LogP contribution in [-0.2, 0) is 9.53 Å². The van der Waals surface area contributed by atoms with Crippen LogP contribution in [0.1, 0.15) is 40.9 Å². The Morgan fingerprint density at radius 3 is 2.47 bits per heavy atom. The molecule has 0 saturated heterocycles. The fourth-order valence-electron chi connectivity index (χ4n) is 3.39. The molecule has 0 aliphatic carbocycles. The maximum absolute atomic E-state index is 12.8. The van der Waals surface area contributed by atoms with Crippen LogP contribution in [0.2, 0.25) is 5.02 Å². The summed E-state index contributed by atoms with van der Waals surface area (Å²) in [7, 11) is 0. The van der Waals surface area contributed by atoms with Gasteiger partial charge < -0.3 is 21.1 Å². The van der Waals surface area contributed by atoms with Crippen LogP contribution in [0.25, 0.3) is 10.4 Å². The van der Waals surface area contributed by atoms with E-state index in [2.05, 4.69) is 15.6 Å². The lowest BCUT2D eigenvalue weighted by Gasteiger charge is -2.18. The van der Waals surface area contributed by atoms with Crippen molar-refractivity contribution in [3.8, 4) is 10.4 Å². The summed E-state index contributed by atoms with van der Waals surface area (Å²) in [4.78, 5) is 30.2. The molecule has 0 bridgehead atoms. The Hall–Kier alpha value is -3.43. The molecular formula is C24H26ClN5O3S. The van der Waals surface area contributed by atoms with Gasteiger partial charge in [0.15, 0.2) is 11.1 Å². The Morgan fingerprint density at radius 2 is 1.85 bits per heavy atom. The molecule has 1 amide bonds. The summed E-state index contributed by atoms with van der Waals surface area (Å²) in [6, 6.07) is 14.4. The first-order valence-corrected chi connectivity index (χ1v) is 11.8. The van der Waals surface area contributed by atoms with Gasteiger partial charge in [-0.05, 0) is 49.2 Å². The smallest absolute Gasteiger partial charge is 0.306 e. The number of nitrogens with zero attached hydrogens (tertiary/aromatic N) is 1. The molecule has 34 heavy (non-hydrogen) atoms. The third kappa shape index (κ3) is 6.79. The second kappa shape index (κ2) is 11.6. The van der Waals surface area contributed by atoms with E-state index in [0.29, 0.717) is 22.3 Å². The van der Waals surface area contributed by atoms with Gasteiger partial charge in [0.2, 0.25) is 0 Å². The van der Waals surface area contributed by atoms with Crippen molar-refractivity contribution in [2.45, 2.75) is 26.2 Å². The number of guanidine groups is 1. The van der Waals surface area contributed by atoms with Crippen molar-refractivity contribution in [1.82, 2.24) is 10.3 Å². The van der Waals surface area contributed by atoms with Crippen LogP contribution in [-0.4, -0.2) is 36.0 Å². The average molecular weight is 500 g/mol. The van der Waals surface area contributed by atoms with Gasteiger partial charge in [0, 0.05) is 23.0 Å². The van der Waals surface area contributed by atoms with Crippen LogP contribution in [0.3, 0.4) is 0 Å². The summed E-state index contributed by atoms with van der Waals surface area (Å²) in [5, 5.41) is 14.1. The number of halogens is 1. The van der Waals surface area contributed by atoms with E-state index in [9.17, 15) is 9.59 Å². The van der Waals surface area contributed by atoms with E-state index in [1.54, 1.807) is 31.2 Å². The molecular weight excluding hydrogens is 474 g/mol. The molecule has 1 heterocycles. The molecule has 2 aromatic carbocycles. The van der Waals surface area contributed by atoms with Crippen molar-refractivity contribution in [3.63, 3.8) is 0 Å². The number of nitrogens with two attached hydrogens (primary N) is 1. The van der Waals surface area contributed by atoms with Gasteiger partial charge in [0.1, 0.15) is 0 Å². The van der Waals surface area contributed by atoms with E-state index in [1.165, 1.54) is 11.3 Å². The van der Waals surface area contributed by atoms with Gasteiger partial charge in [-0.1, -0.05) is 47.2 Å². The summed E-state index contributed by atoms with van der Waals surface area (Å²) >= 11 is 7.37. The van der Waals surface area contributed by atoms with Gasteiger partial charge in [-0.15, -0.1) is 0 Å². The number of aryl methyl sites for hydroxylation is 1. The number of carbonyl (C=O) groups is 2. The number of hydrogen-bond acceptors (Lipinski definition) is 6. The first-order valence-electron chi connectivity index (χ1n) is 10.6. The van der Waals surface area contributed by atoms with E-state index >= 15 is 0 Å². The van der Waals surface area contributed by atoms with Crippen molar-refractivity contribution in [2.75, 3.05) is 18.5 Å². The Balaban J connectivity index is 1.68. The SMILES string of the molecule is CCOC(=O)CC(CNC(=O)c1ccc(-c2sc(NC(=N)N)nc2C)cc1)c1ccc(Cl)cc1. The van der Waals surface area contributed by atoms with Gasteiger partial charge >= 0.3 is 5.97 Å². The largest absolute Gasteiger partial charge is 0.466 e. The van der Waals surface area contributed by atoms with Crippen molar-refractivity contribution < 1.29 is 14.3 Å². The molecule has 10 heteroatoms. The minimum atomic E-state index is -0.320. The number of benzene rings is 2. The van der Waals surface area contributed by atoms with Gasteiger partial charge in [0.05, 0.1) is 23.6 Å². The molecule has 0 aliphatic heterocycles. The number of thiazole rings is 1. The summed E-state index contributed by atoms with van der Waals surface area (Å²) < 4.78 is 5.09. The number of nitrogens with one attached hydrogen (secondary N) is 3. The quantitative estimate of drug-likeness (QED) is 0.194. The maximum atomic E-state index is 12.8. The Bertz CT molecular complexity index is 1160. The summed E-state index contributed by atoms with van der Waals surface area (Å²) in [5.41, 5.74) is 8.47. The third-order valence-corrected chi connectivity index (χ3v) is 6.39. The molecule has 178 valence electrons. The van der Waals surface area contributed by atoms with E-state index < -0.39 is 0 Å². The summed E-state index contributed by atoms with van der Waals surface area (Å²) in [6.07, 6.45) is 0.149. The lowest BCUT2D eigenvalue weighted by Crippen LogP contribution is -2.29. The van der Waals surface area contributed by atoms with Crippen LogP contribution < -0.4 is 16.4 Å². The van der Waals surface area contributed by atoms with Crippen molar-refractivity contribution in [1.29, 1.82) is 5.41 Å². The highest BCUT2D eigenvalue weighted by Crippen LogP contribution is 2.32. The maximum Gasteiger partial charge on any atom is 0.306 e. The molecule has 3 rings (SSSR count). The van der Waals surface area contributed by atoms with Gasteiger partial charge in [0.25, 0.3) is 5.91 Å². The molecule has 0 saturated carbocycles. The highest BCUT2D eigenvalue weighted by Gasteiger charge is 2.19. The molecule has 0 fully saturated rings. The predicted octanol–water partition coefficient (Wildman–Crippen LogP) is 4.54. The molecule has 0 spiro atoms. The molecule has 1 atom stereocenters. The number of carbonyl (C=O) groups excluding carboxylic acids is 2. The number of anilines is 1. The van der Waals surface area contributed by atoms with Crippen molar-refractivity contribution >= 4 is 45.9 Å². The molecule has 0 radical (unpaired) electrons. The van der Waals surface area contributed by atoms with E-state index in [-0.39, 0.29) is 36.7 Å². The first kappa shape index (κ1) is 25.2. The van der Waals surface area contributed by atoms with Crippen LogP contribution in [0, 0.1) is 12.3 Å².